The Morgan fingerprint density at radius 3 is 2.26 bits per heavy atom. The number of carbonyl (C=O) groups is 3. The highest BCUT2D eigenvalue weighted by molar-refractivity contribution is 5.91. The van der Waals surface area contributed by atoms with Crippen LogP contribution in [0.3, 0.4) is 0 Å². The minimum Gasteiger partial charge on any atom is -0.481 e. The van der Waals surface area contributed by atoms with Gasteiger partial charge in [0.25, 0.3) is 0 Å². The topological polar surface area (TPSA) is 95.5 Å². The molecule has 0 heterocycles. The van der Waals surface area contributed by atoms with Crippen LogP contribution in [0.25, 0.3) is 0 Å². The molecule has 0 aliphatic heterocycles. The molecule has 1 unspecified atom stereocenters. The van der Waals surface area contributed by atoms with Gasteiger partial charge < -0.3 is 15.7 Å². The van der Waals surface area contributed by atoms with Crippen molar-refractivity contribution in [3.8, 4) is 0 Å². The average Bonchev–Trinajstić information content (AvgIpc) is 2.49. The fourth-order valence-corrected chi connectivity index (χ4v) is 2.08. The van der Waals surface area contributed by atoms with E-state index in [1.807, 2.05) is 19.1 Å². The fraction of sp³-hybridized carbons (Fsp3) is 0.471. The first-order valence-electron chi connectivity index (χ1n) is 7.80. The van der Waals surface area contributed by atoms with Gasteiger partial charge in [0.05, 0.1) is 5.92 Å². The van der Waals surface area contributed by atoms with Crippen molar-refractivity contribution in [3.63, 3.8) is 0 Å². The molecule has 0 radical (unpaired) electrons. The molecule has 0 aromatic heterocycles. The summed E-state index contributed by atoms with van der Waals surface area (Å²) in [4.78, 5) is 33.9. The summed E-state index contributed by atoms with van der Waals surface area (Å²) in [5.41, 5.74) is 1.58. The van der Waals surface area contributed by atoms with Crippen LogP contribution in [0.4, 0.5) is 5.69 Å². The van der Waals surface area contributed by atoms with Crippen molar-refractivity contribution in [1.29, 1.82) is 0 Å². The third-order valence-corrected chi connectivity index (χ3v) is 3.38. The first-order valence-corrected chi connectivity index (χ1v) is 7.80. The summed E-state index contributed by atoms with van der Waals surface area (Å²) >= 11 is 0. The van der Waals surface area contributed by atoms with Crippen molar-refractivity contribution in [2.24, 2.45) is 5.92 Å². The molecule has 0 fully saturated rings. The predicted molar refractivity (Wildman–Crippen MR) is 88.1 cm³/mol. The van der Waals surface area contributed by atoms with Gasteiger partial charge in [-0.1, -0.05) is 19.1 Å². The smallest absolute Gasteiger partial charge is 0.306 e. The largest absolute Gasteiger partial charge is 0.481 e. The SMILES string of the molecule is CCNC(=O)CCCC(=O)Nc1ccc(CC(C)C(=O)O)cc1. The lowest BCUT2D eigenvalue weighted by Crippen LogP contribution is -2.22. The van der Waals surface area contributed by atoms with Crippen molar-refractivity contribution in [1.82, 2.24) is 5.32 Å². The number of aliphatic carboxylic acids is 1. The Hall–Kier alpha value is -2.37. The molecule has 3 N–H and O–H groups in total. The minimum absolute atomic E-state index is 0.0443. The second-order valence-electron chi connectivity index (χ2n) is 5.50. The number of carboxylic acid groups (broad SMARTS) is 1. The van der Waals surface area contributed by atoms with Crippen molar-refractivity contribution < 1.29 is 19.5 Å². The van der Waals surface area contributed by atoms with E-state index in [0.29, 0.717) is 31.5 Å². The predicted octanol–water partition coefficient (Wildman–Crippen LogP) is 2.19. The first-order chi connectivity index (χ1) is 10.9. The number of hydrogen-bond acceptors (Lipinski definition) is 3. The van der Waals surface area contributed by atoms with Crippen molar-refractivity contribution in [3.05, 3.63) is 29.8 Å². The summed E-state index contributed by atoms with van der Waals surface area (Å²) in [6.07, 6.45) is 1.59. The summed E-state index contributed by atoms with van der Waals surface area (Å²) in [7, 11) is 0. The fourth-order valence-electron chi connectivity index (χ4n) is 2.08. The third-order valence-electron chi connectivity index (χ3n) is 3.38. The maximum absolute atomic E-state index is 11.8. The standard InChI is InChI=1S/C17H24N2O4/c1-3-18-15(20)5-4-6-16(21)19-14-9-7-13(8-10-14)11-12(2)17(22)23/h7-10,12H,3-6,11H2,1-2H3,(H,18,20)(H,19,21)(H,22,23). The Balaban J connectivity index is 2.38. The van der Waals surface area contributed by atoms with Crippen LogP contribution in [-0.2, 0) is 20.8 Å². The lowest BCUT2D eigenvalue weighted by Gasteiger charge is -2.08. The summed E-state index contributed by atoms with van der Waals surface area (Å²) < 4.78 is 0. The van der Waals surface area contributed by atoms with E-state index < -0.39 is 11.9 Å². The summed E-state index contributed by atoms with van der Waals surface area (Å²) in [5, 5.41) is 14.3. The number of amides is 2. The normalized spacial score (nSPS) is 11.6. The molecule has 0 aliphatic rings. The van der Waals surface area contributed by atoms with E-state index in [2.05, 4.69) is 10.6 Å². The third kappa shape index (κ3) is 7.44. The Labute approximate surface area is 136 Å². The molecular formula is C17H24N2O4. The molecule has 0 bridgehead atoms. The van der Waals surface area contributed by atoms with Crippen LogP contribution < -0.4 is 10.6 Å². The van der Waals surface area contributed by atoms with Crippen LogP contribution >= 0.6 is 0 Å². The number of carboxylic acids is 1. The van der Waals surface area contributed by atoms with Gasteiger partial charge in [-0.3, -0.25) is 14.4 Å². The monoisotopic (exact) mass is 320 g/mol. The molecule has 6 heteroatoms. The molecule has 6 nitrogen and oxygen atoms in total. The quantitative estimate of drug-likeness (QED) is 0.650. The number of nitrogens with one attached hydrogen (secondary N) is 2. The molecule has 2 amide bonds. The number of benzene rings is 1. The average molecular weight is 320 g/mol. The summed E-state index contributed by atoms with van der Waals surface area (Å²) in [6.45, 7) is 4.11. The molecule has 126 valence electrons. The van der Waals surface area contributed by atoms with Crippen LogP contribution in [-0.4, -0.2) is 29.4 Å². The van der Waals surface area contributed by atoms with E-state index in [1.165, 1.54) is 0 Å². The van der Waals surface area contributed by atoms with Gasteiger partial charge in [-0.25, -0.2) is 0 Å². The second-order valence-corrected chi connectivity index (χ2v) is 5.50. The molecule has 0 spiro atoms. The Morgan fingerprint density at radius 2 is 1.70 bits per heavy atom. The van der Waals surface area contributed by atoms with Crippen molar-refractivity contribution in [2.45, 2.75) is 39.5 Å². The summed E-state index contributed by atoms with van der Waals surface area (Å²) in [6, 6.07) is 7.13. The van der Waals surface area contributed by atoms with Crippen LogP contribution in [0.15, 0.2) is 24.3 Å². The van der Waals surface area contributed by atoms with E-state index in [4.69, 9.17) is 5.11 Å². The van der Waals surface area contributed by atoms with Crippen molar-refractivity contribution in [2.75, 3.05) is 11.9 Å². The van der Waals surface area contributed by atoms with Crippen LogP contribution in [0.2, 0.25) is 0 Å². The van der Waals surface area contributed by atoms with Crippen molar-refractivity contribution >= 4 is 23.5 Å². The van der Waals surface area contributed by atoms with Gasteiger partial charge in [0.15, 0.2) is 0 Å². The molecule has 1 aromatic rings. The first kappa shape index (κ1) is 18.7. The zero-order chi connectivity index (χ0) is 17.2. The lowest BCUT2D eigenvalue weighted by molar-refractivity contribution is -0.141. The molecular weight excluding hydrogens is 296 g/mol. The molecule has 23 heavy (non-hydrogen) atoms. The van der Waals surface area contributed by atoms with E-state index in [9.17, 15) is 14.4 Å². The van der Waals surface area contributed by atoms with E-state index in [1.54, 1.807) is 19.1 Å². The maximum atomic E-state index is 11.8. The highest BCUT2D eigenvalue weighted by Crippen LogP contribution is 2.14. The zero-order valence-corrected chi connectivity index (χ0v) is 13.6. The van der Waals surface area contributed by atoms with E-state index >= 15 is 0 Å². The lowest BCUT2D eigenvalue weighted by atomic mass is 10.0. The highest BCUT2D eigenvalue weighted by Gasteiger charge is 2.11. The van der Waals surface area contributed by atoms with Gasteiger partial charge in [0.1, 0.15) is 0 Å². The van der Waals surface area contributed by atoms with E-state index in [0.717, 1.165) is 5.56 Å². The second kappa shape index (κ2) is 9.61. The van der Waals surface area contributed by atoms with Gasteiger partial charge >= 0.3 is 5.97 Å². The molecule has 0 saturated heterocycles. The van der Waals surface area contributed by atoms with Gasteiger partial charge in [-0.15, -0.1) is 0 Å². The number of hydrogen-bond donors (Lipinski definition) is 3. The maximum Gasteiger partial charge on any atom is 0.306 e. The van der Waals surface area contributed by atoms with Gasteiger partial charge in [-0.2, -0.15) is 0 Å². The molecule has 0 aliphatic carbocycles. The van der Waals surface area contributed by atoms with Crippen LogP contribution in [0.5, 0.6) is 0 Å². The Kier molecular flexibility index (Phi) is 7.80. The number of anilines is 1. The molecule has 0 saturated carbocycles. The number of carbonyl (C=O) groups excluding carboxylic acids is 2. The molecule has 1 rings (SSSR count). The molecule has 1 aromatic carbocycles. The van der Waals surface area contributed by atoms with Gasteiger partial charge in [0, 0.05) is 25.1 Å². The van der Waals surface area contributed by atoms with E-state index in [-0.39, 0.29) is 18.2 Å². The molecule has 1 atom stereocenters. The Bertz CT molecular complexity index is 540. The van der Waals surface area contributed by atoms with Crippen LogP contribution in [0, 0.1) is 5.92 Å². The Morgan fingerprint density at radius 1 is 1.09 bits per heavy atom. The highest BCUT2D eigenvalue weighted by atomic mass is 16.4. The summed E-state index contributed by atoms with van der Waals surface area (Å²) in [5.74, 6) is -1.45. The van der Waals surface area contributed by atoms with Crippen LogP contribution in [0.1, 0.15) is 38.7 Å². The minimum atomic E-state index is -0.825. The zero-order valence-electron chi connectivity index (χ0n) is 13.6. The number of rotatable bonds is 9. The van der Waals surface area contributed by atoms with Gasteiger partial charge in [0.2, 0.25) is 11.8 Å². The van der Waals surface area contributed by atoms with Gasteiger partial charge in [-0.05, 0) is 37.5 Å².